The summed E-state index contributed by atoms with van der Waals surface area (Å²) in [5, 5.41) is 12.2. The predicted molar refractivity (Wildman–Crippen MR) is 125 cm³/mol. The van der Waals surface area contributed by atoms with Crippen LogP contribution in [0.2, 0.25) is 5.02 Å². The molecule has 0 fully saturated rings. The monoisotopic (exact) mass is 466 g/mol. The van der Waals surface area contributed by atoms with Gasteiger partial charge >= 0.3 is 0 Å². The fourth-order valence-corrected chi connectivity index (χ4v) is 3.85. The van der Waals surface area contributed by atoms with Crippen molar-refractivity contribution in [2.45, 2.75) is 11.4 Å². The number of aromatic nitrogens is 3. The molecule has 0 atom stereocenters. The molecule has 2 heterocycles. The van der Waals surface area contributed by atoms with Gasteiger partial charge in [-0.3, -0.25) is 4.98 Å². The number of hydrogen-bond acceptors (Lipinski definition) is 7. The summed E-state index contributed by atoms with van der Waals surface area (Å²) >= 11 is 6.36. The molecule has 4 N–H and O–H groups in total. The highest BCUT2D eigenvalue weighted by Crippen LogP contribution is 2.31. The van der Waals surface area contributed by atoms with Crippen LogP contribution in [-0.2, 0) is 16.6 Å². The molecule has 2 aromatic carbocycles. The van der Waals surface area contributed by atoms with Crippen LogP contribution < -0.4 is 15.8 Å². The SMILES string of the molecule is NS(=O)(=O)c1cccc(CNc2cc(Nc3ccc(Cl)c(-c4cccnc4)c3)ncn2)c1. The van der Waals surface area contributed by atoms with Crippen LogP contribution in [0.4, 0.5) is 17.3 Å². The van der Waals surface area contributed by atoms with E-state index in [2.05, 4.69) is 25.6 Å². The highest BCUT2D eigenvalue weighted by Gasteiger charge is 2.09. The first-order chi connectivity index (χ1) is 15.4. The molecule has 0 bridgehead atoms. The minimum atomic E-state index is -3.75. The van der Waals surface area contributed by atoms with Gasteiger partial charge in [-0.15, -0.1) is 0 Å². The normalized spacial score (nSPS) is 11.2. The lowest BCUT2D eigenvalue weighted by Crippen LogP contribution is -2.12. The van der Waals surface area contributed by atoms with Crippen molar-refractivity contribution in [2.24, 2.45) is 5.14 Å². The van der Waals surface area contributed by atoms with Crippen LogP contribution in [0.5, 0.6) is 0 Å². The van der Waals surface area contributed by atoms with Crippen molar-refractivity contribution < 1.29 is 8.42 Å². The molecule has 4 rings (SSSR count). The molecule has 0 radical (unpaired) electrons. The summed E-state index contributed by atoms with van der Waals surface area (Å²) in [6, 6.07) is 17.6. The summed E-state index contributed by atoms with van der Waals surface area (Å²) in [7, 11) is -3.75. The molecular weight excluding hydrogens is 448 g/mol. The molecule has 0 aliphatic rings. The second-order valence-electron chi connectivity index (χ2n) is 6.90. The molecule has 2 aromatic heterocycles. The fourth-order valence-electron chi connectivity index (χ4n) is 3.04. The standard InChI is InChI=1S/C22H19ClN6O2S/c23-20-7-6-17(10-19(20)16-4-2-8-25-13-16)29-22-11-21(27-14-28-22)26-12-15-3-1-5-18(9-15)32(24,30)31/h1-11,13-14H,12H2,(H2,24,30,31)(H2,26,27,28,29). The van der Waals surface area contributed by atoms with E-state index in [0.29, 0.717) is 23.2 Å². The second kappa shape index (κ2) is 9.31. The zero-order valence-corrected chi connectivity index (χ0v) is 18.3. The van der Waals surface area contributed by atoms with Gasteiger partial charge in [0.05, 0.1) is 4.90 Å². The summed E-state index contributed by atoms with van der Waals surface area (Å²) in [5.74, 6) is 1.16. The number of anilines is 3. The number of nitrogens with one attached hydrogen (secondary N) is 2. The average Bonchev–Trinajstić information content (AvgIpc) is 2.79. The van der Waals surface area contributed by atoms with Crippen LogP contribution in [-0.4, -0.2) is 23.4 Å². The van der Waals surface area contributed by atoms with Gasteiger partial charge in [0.15, 0.2) is 0 Å². The zero-order chi connectivity index (χ0) is 22.6. The topological polar surface area (TPSA) is 123 Å². The highest BCUT2D eigenvalue weighted by molar-refractivity contribution is 7.89. The van der Waals surface area contributed by atoms with Crippen LogP contribution in [0.15, 0.2) is 84.3 Å². The number of nitrogens with two attached hydrogens (primary N) is 1. The Morgan fingerprint density at radius 3 is 2.59 bits per heavy atom. The van der Waals surface area contributed by atoms with E-state index in [1.165, 1.54) is 18.5 Å². The van der Waals surface area contributed by atoms with E-state index in [1.54, 1.807) is 30.6 Å². The lowest BCUT2D eigenvalue weighted by molar-refractivity contribution is 0.597. The van der Waals surface area contributed by atoms with Gasteiger partial charge < -0.3 is 10.6 Å². The van der Waals surface area contributed by atoms with Crippen molar-refractivity contribution in [1.29, 1.82) is 0 Å². The molecule has 0 aliphatic heterocycles. The van der Waals surface area contributed by atoms with E-state index in [9.17, 15) is 8.42 Å². The van der Waals surface area contributed by atoms with Gasteiger partial charge in [0.2, 0.25) is 10.0 Å². The number of pyridine rings is 1. The number of benzene rings is 2. The predicted octanol–water partition coefficient (Wildman–Crippen LogP) is 4.20. The molecule has 0 unspecified atom stereocenters. The number of hydrogen-bond donors (Lipinski definition) is 3. The minimum absolute atomic E-state index is 0.0639. The van der Waals surface area contributed by atoms with Crippen molar-refractivity contribution >= 4 is 38.9 Å². The van der Waals surface area contributed by atoms with E-state index in [4.69, 9.17) is 16.7 Å². The van der Waals surface area contributed by atoms with Gasteiger partial charge in [-0.25, -0.2) is 23.5 Å². The Kier molecular flexibility index (Phi) is 6.31. The van der Waals surface area contributed by atoms with Gasteiger partial charge in [-0.2, -0.15) is 0 Å². The Labute approximate surface area is 190 Å². The first-order valence-electron chi connectivity index (χ1n) is 9.53. The van der Waals surface area contributed by atoms with E-state index >= 15 is 0 Å². The molecule has 4 aromatic rings. The second-order valence-corrected chi connectivity index (χ2v) is 8.86. The summed E-state index contributed by atoms with van der Waals surface area (Å²) in [5.41, 5.74) is 3.32. The third-order valence-electron chi connectivity index (χ3n) is 4.58. The Bertz CT molecular complexity index is 1350. The van der Waals surface area contributed by atoms with Crippen LogP contribution in [0.1, 0.15) is 5.56 Å². The minimum Gasteiger partial charge on any atom is -0.366 e. The maximum Gasteiger partial charge on any atom is 0.238 e. The Hall–Kier alpha value is -3.53. The Balaban J connectivity index is 1.48. The maximum atomic E-state index is 11.5. The first kappa shape index (κ1) is 21.7. The van der Waals surface area contributed by atoms with E-state index in [-0.39, 0.29) is 4.90 Å². The van der Waals surface area contributed by atoms with Gasteiger partial charge in [-0.1, -0.05) is 29.8 Å². The van der Waals surface area contributed by atoms with E-state index < -0.39 is 10.0 Å². The maximum absolute atomic E-state index is 11.5. The van der Waals surface area contributed by atoms with Gasteiger partial charge in [0, 0.05) is 46.8 Å². The number of primary sulfonamides is 1. The highest BCUT2D eigenvalue weighted by atomic mass is 35.5. The third kappa shape index (κ3) is 5.38. The molecule has 0 amide bonds. The van der Waals surface area contributed by atoms with Crippen molar-refractivity contribution in [2.75, 3.05) is 10.6 Å². The molecule has 0 saturated carbocycles. The summed E-state index contributed by atoms with van der Waals surface area (Å²) in [4.78, 5) is 12.7. The van der Waals surface area contributed by atoms with E-state index in [0.717, 1.165) is 22.4 Å². The van der Waals surface area contributed by atoms with E-state index in [1.807, 2.05) is 30.3 Å². The summed E-state index contributed by atoms with van der Waals surface area (Å²) < 4.78 is 23.1. The average molecular weight is 467 g/mol. The smallest absolute Gasteiger partial charge is 0.238 e. The molecule has 0 spiro atoms. The number of rotatable bonds is 7. The van der Waals surface area contributed by atoms with Gasteiger partial charge in [0.25, 0.3) is 0 Å². The zero-order valence-electron chi connectivity index (χ0n) is 16.7. The largest absolute Gasteiger partial charge is 0.366 e. The molecule has 0 aliphatic carbocycles. The van der Waals surface area contributed by atoms with Gasteiger partial charge in [-0.05, 0) is 42.0 Å². The van der Waals surface area contributed by atoms with Crippen LogP contribution in [0.3, 0.4) is 0 Å². The quantitative estimate of drug-likeness (QED) is 0.373. The van der Waals surface area contributed by atoms with Crippen LogP contribution in [0.25, 0.3) is 11.1 Å². The molecule has 10 heteroatoms. The van der Waals surface area contributed by atoms with Crippen molar-refractivity contribution in [1.82, 2.24) is 15.0 Å². The molecule has 0 saturated heterocycles. The van der Waals surface area contributed by atoms with Crippen LogP contribution >= 0.6 is 11.6 Å². The first-order valence-corrected chi connectivity index (χ1v) is 11.5. The number of halogens is 1. The third-order valence-corrected chi connectivity index (χ3v) is 5.82. The molecule has 8 nitrogen and oxygen atoms in total. The molecule has 162 valence electrons. The Morgan fingerprint density at radius 1 is 0.969 bits per heavy atom. The molecule has 32 heavy (non-hydrogen) atoms. The molecular formula is C22H19ClN6O2S. The fraction of sp³-hybridized carbons (Fsp3) is 0.0455. The van der Waals surface area contributed by atoms with Crippen molar-refractivity contribution in [3.05, 3.63) is 90.0 Å². The summed E-state index contributed by atoms with van der Waals surface area (Å²) in [6.45, 7) is 0.367. The Morgan fingerprint density at radius 2 is 1.81 bits per heavy atom. The number of sulfonamides is 1. The van der Waals surface area contributed by atoms with Crippen LogP contribution in [0, 0.1) is 0 Å². The summed E-state index contributed by atoms with van der Waals surface area (Å²) in [6.07, 6.45) is 4.89. The number of nitrogens with zero attached hydrogens (tertiary/aromatic N) is 3. The lowest BCUT2D eigenvalue weighted by atomic mass is 10.1. The van der Waals surface area contributed by atoms with Gasteiger partial charge in [0.1, 0.15) is 18.0 Å². The van der Waals surface area contributed by atoms with Crippen molar-refractivity contribution in [3.8, 4) is 11.1 Å². The lowest BCUT2D eigenvalue weighted by Gasteiger charge is -2.11. The van der Waals surface area contributed by atoms with Crippen molar-refractivity contribution in [3.63, 3.8) is 0 Å².